The summed E-state index contributed by atoms with van der Waals surface area (Å²) in [5.74, 6) is 0.981. The van der Waals surface area contributed by atoms with Gasteiger partial charge in [-0.2, -0.15) is 0 Å². The van der Waals surface area contributed by atoms with E-state index in [0.29, 0.717) is 0 Å². The van der Waals surface area contributed by atoms with Crippen molar-refractivity contribution in [2.75, 3.05) is 0 Å². The largest absolute Gasteiger partial charge is 0.492 e. The number of rotatable bonds is 0. The van der Waals surface area contributed by atoms with E-state index in [9.17, 15) is 0 Å². The highest BCUT2D eigenvalue weighted by molar-refractivity contribution is 5.47. The number of imidazole rings is 1. The third kappa shape index (κ3) is 0.0798. The summed E-state index contributed by atoms with van der Waals surface area (Å²) < 4.78 is 1.94. The lowest BCUT2D eigenvalue weighted by Gasteiger charge is -1.77. The van der Waals surface area contributed by atoms with E-state index in [4.69, 9.17) is 0 Å². The fraction of sp³-hybridized carbons (Fsp3) is 0. The fourth-order valence-corrected chi connectivity index (χ4v) is 0.822. The molecule has 0 bridgehead atoms. The summed E-state index contributed by atoms with van der Waals surface area (Å²) in [5.41, 5.74) is 0.981. The van der Waals surface area contributed by atoms with Crippen LogP contribution in [0.4, 0.5) is 0 Å². The van der Waals surface area contributed by atoms with Crippen LogP contribution in [0, 0.1) is 0 Å². The molecule has 0 saturated heterocycles. The van der Waals surface area contributed by atoms with Crippen molar-refractivity contribution in [2.45, 2.75) is 0 Å². The summed E-state index contributed by atoms with van der Waals surface area (Å²) in [4.78, 5) is 5.71. The lowest BCUT2D eigenvalue weighted by molar-refractivity contribution is -0.693. The Hall–Kier alpha value is -1.19. The first-order chi connectivity index (χ1) is 3.47. The number of hydrogen-bond donors (Lipinski definition) is 0. The maximum atomic E-state index is 3.95. The van der Waals surface area contributed by atoms with Crippen molar-refractivity contribution in [3.8, 4) is 0 Å². The molecule has 0 saturated carbocycles. The van der Waals surface area contributed by atoms with Crippen molar-refractivity contribution in [3.05, 3.63) is 6.20 Å². The normalized spacial score (nSPS) is 13.7. The lowest BCUT2D eigenvalue weighted by Crippen LogP contribution is -2.33. The molecule has 3 rings (SSSR count). The third-order valence-electron chi connectivity index (χ3n) is 1.23. The second-order valence-electron chi connectivity index (χ2n) is 1.62. The van der Waals surface area contributed by atoms with Crippen LogP contribution >= 0.6 is 0 Å². The van der Waals surface area contributed by atoms with Crippen LogP contribution < -0.4 is 4.79 Å². The Kier molecular flexibility index (Phi) is 0.115. The molecule has 2 aliphatic heterocycles. The first kappa shape index (κ1) is 2.20. The summed E-state index contributed by atoms with van der Waals surface area (Å²) in [6.07, 6.45) is 1.76. The van der Waals surface area contributed by atoms with Crippen molar-refractivity contribution < 1.29 is 4.79 Å². The molecule has 2 aliphatic rings. The maximum absolute atomic E-state index is 3.95. The first-order valence-electron chi connectivity index (χ1n) is 2.06. The van der Waals surface area contributed by atoms with E-state index in [1.165, 1.54) is 0 Å². The number of aromatic nitrogens is 4. The van der Waals surface area contributed by atoms with Crippen LogP contribution in [-0.4, -0.2) is 14.8 Å². The number of fused-ring (bicyclic) bond motifs is 1. The van der Waals surface area contributed by atoms with Gasteiger partial charge in [-0.15, -0.1) is 0 Å². The van der Waals surface area contributed by atoms with Gasteiger partial charge < -0.3 is 0 Å². The molecule has 0 N–H and O–H groups in total. The zero-order valence-electron chi connectivity index (χ0n) is 3.37. The zero-order valence-corrected chi connectivity index (χ0v) is 3.37. The highest BCUT2D eigenvalue weighted by Gasteiger charge is 2.43. The summed E-state index contributed by atoms with van der Waals surface area (Å²) in [6, 6.07) is 0. The van der Waals surface area contributed by atoms with Gasteiger partial charge in [-0.25, -0.2) is 0 Å². The summed E-state index contributed by atoms with van der Waals surface area (Å²) >= 11 is 0. The average molecular weight is 93.1 g/mol. The second-order valence-corrected chi connectivity index (χ2v) is 1.62. The molecule has 0 atom stereocenters. The summed E-state index contributed by atoms with van der Waals surface area (Å²) in [7, 11) is 0. The van der Waals surface area contributed by atoms with E-state index in [1.807, 2.05) is 4.68 Å². The number of nitrogens with zero attached hydrogens (tertiary/aromatic N) is 4. The molecule has 3 heterocycles. The molecular weight excluding hydrogens is 92.1 g/mol. The number of hydrogen-bond acceptors (Lipinski definition) is 2. The SMILES string of the molecule is c1nc2n3c1n[n+]2-3. The van der Waals surface area contributed by atoms with Crippen LogP contribution in [-0.2, 0) is 0 Å². The quantitative estimate of drug-likeness (QED) is 0.326. The molecule has 7 heavy (non-hydrogen) atoms. The first-order valence-corrected chi connectivity index (χ1v) is 2.06. The van der Waals surface area contributed by atoms with Gasteiger partial charge in [-0.1, -0.05) is 4.98 Å². The minimum atomic E-state index is 0.981. The predicted octanol–water partition coefficient (Wildman–Crippen LogP) is -1.22. The molecule has 0 aliphatic carbocycles. The molecule has 32 valence electrons. The van der Waals surface area contributed by atoms with Crippen LogP contribution in [0.1, 0.15) is 0 Å². The van der Waals surface area contributed by atoms with E-state index in [-0.39, 0.29) is 0 Å². The van der Waals surface area contributed by atoms with E-state index in [2.05, 4.69) is 10.1 Å². The van der Waals surface area contributed by atoms with Gasteiger partial charge >= 0.3 is 11.4 Å². The topological polar surface area (TPSA) is 34.6 Å². The Morgan fingerprint density at radius 3 is 2.86 bits per heavy atom. The second kappa shape index (κ2) is 0.366. The van der Waals surface area contributed by atoms with Crippen LogP contribution in [0.2, 0.25) is 0 Å². The molecule has 0 fully saturated rings. The Morgan fingerprint density at radius 2 is 2.71 bits per heavy atom. The Balaban J connectivity index is 3.05. The van der Waals surface area contributed by atoms with Crippen molar-refractivity contribution in [1.29, 1.82) is 0 Å². The van der Waals surface area contributed by atoms with Gasteiger partial charge in [0.1, 0.15) is 0 Å². The molecule has 4 nitrogen and oxygen atoms in total. The fourth-order valence-electron chi connectivity index (χ4n) is 0.822. The van der Waals surface area contributed by atoms with E-state index >= 15 is 0 Å². The highest BCUT2D eigenvalue weighted by atomic mass is 15.8. The van der Waals surface area contributed by atoms with E-state index in [1.54, 1.807) is 11.0 Å². The van der Waals surface area contributed by atoms with E-state index < -0.39 is 0 Å². The van der Waals surface area contributed by atoms with Crippen molar-refractivity contribution >= 4 is 11.4 Å². The minimum Gasteiger partial charge on any atom is -0.0667 e. The lowest BCUT2D eigenvalue weighted by atomic mass is 10.8. The molecule has 0 radical (unpaired) electrons. The smallest absolute Gasteiger partial charge is 0.0667 e. The Morgan fingerprint density at radius 1 is 1.71 bits per heavy atom. The van der Waals surface area contributed by atoms with Gasteiger partial charge in [-0.3, -0.25) is 0 Å². The van der Waals surface area contributed by atoms with Gasteiger partial charge in [0, 0.05) is 4.79 Å². The Labute approximate surface area is 38.3 Å². The standard InChI is InChI=1S/C3HN4/c1-2-5-7-3(4-1)6(2)7/h1H/q+1. The van der Waals surface area contributed by atoms with Gasteiger partial charge in [0.05, 0.1) is 0 Å². The Bertz CT molecular complexity index is 301. The third-order valence-corrected chi connectivity index (χ3v) is 1.23. The monoisotopic (exact) mass is 93.0 g/mol. The maximum Gasteiger partial charge on any atom is 0.492 e. The molecule has 0 unspecified atom stereocenters. The van der Waals surface area contributed by atoms with Crippen molar-refractivity contribution in [2.24, 2.45) is 0 Å². The van der Waals surface area contributed by atoms with Gasteiger partial charge in [-0.05, 0) is 9.77 Å². The minimum absolute atomic E-state index is 0.981. The van der Waals surface area contributed by atoms with Crippen molar-refractivity contribution in [3.63, 3.8) is 0 Å². The average Bonchev–Trinajstić information content (AvgIpc) is 2.02. The van der Waals surface area contributed by atoms with Crippen LogP contribution in [0.25, 0.3) is 11.4 Å². The predicted molar refractivity (Wildman–Crippen MR) is 19.7 cm³/mol. The summed E-state index contributed by atoms with van der Waals surface area (Å²) in [6.45, 7) is 0. The molecule has 4 heteroatoms. The molecule has 1 aromatic heterocycles. The van der Waals surface area contributed by atoms with E-state index in [0.717, 1.165) is 11.4 Å². The van der Waals surface area contributed by atoms with Gasteiger partial charge in [0.15, 0.2) is 6.20 Å². The van der Waals surface area contributed by atoms with Crippen LogP contribution in [0.15, 0.2) is 6.20 Å². The van der Waals surface area contributed by atoms with Gasteiger partial charge in [0.2, 0.25) is 0 Å². The van der Waals surface area contributed by atoms with Crippen LogP contribution in [0.3, 0.4) is 0 Å². The molecule has 0 amide bonds. The summed E-state index contributed by atoms with van der Waals surface area (Å²) in [5, 5.41) is 3.95. The van der Waals surface area contributed by atoms with Crippen LogP contribution in [0.5, 0.6) is 0 Å². The van der Waals surface area contributed by atoms with Gasteiger partial charge in [0.25, 0.3) is 0 Å². The zero-order chi connectivity index (χ0) is 4.43. The molecular formula is C3HN4+. The highest BCUT2D eigenvalue weighted by Crippen LogP contribution is 2.10. The molecule has 0 aromatic carbocycles. The molecule has 0 spiro atoms. The van der Waals surface area contributed by atoms with Crippen molar-refractivity contribution in [1.82, 2.24) is 14.8 Å². The molecule has 1 aromatic rings.